The zero-order valence-electron chi connectivity index (χ0n) is 19.3. The van der Waals surface area contributed by atoms with Gasteiger partial charge in [0.1, 0.15) is 11.8 Å². The number of carbonyl (C=O) groups is 1. The molecule has 1 aromatic carbocycles. The summed E-state index contributed by atoms with van der Waals surface area (Å²) in [4.78, 5) is 14.8. The van der Waals surface area contributed by atoms with Crippen LogP contribution in [0.5, 0.6) is 5.75 Å². The number of hydrogen-bond donors (Lipinski definition) is 2. The smallest absolute Gasteiger partial charge is 0.272 e. The van der Waals surface area contributed by atoms with Gasteiger partial charge >= 0.3 is 0 Å². The first-order chi connectivity index (χ1) is 16.4. The average Bonchev–Trinajstić information content (AvgIpc) is 2.86. The molecular formula is C25H30ClN5O3. The van der Waals surface area contributed by atoms with Crippen LogP contribution in [0.3, 0.4) is 0 Å². The van der Waals surface area contributed by atoms with Gasteiger partial charge in [-0.15, -0.1) is 10.2 Å². The number of nitrogens with one attached hydrogen (secondary N) is 1. The number of nitriles is 1. The quantitative estimate of drug-likeness (QED) is 0.644. The summed E-state index contributed by atoms with van der Waals surface area (Å²) in [5.41, 5.74) is 0.715. The molecule has 2 heterocycles. The van der Waals surface area contributed by atoms with E-state index in [0.29, 0.717) is 22.0 Å². The lowest BCUT2D eigenvalue weighted by Crippen LogP contribution is -2.41. The number of aliphatic hydroxyl groups is 1. The van der Waals surface area contributed by atoms with Crippen LogP contribution < -0.4 is 15.0 Å². The van der Waals surface area contributed by atoms with Crippen LogP contribution in [0.4, 0.5) is 5.82 Å². The van der Waals surface area contributed by atoms with Gasteiger partial charge in [-0.3, -0.25) is 4.79 Å². The van der Waals surface area contributed by atoms with Crippen LogP contribution in [-0.4, -0.2) is 53.1 Å². The van der Waals surface area contributed by atoms with Gasteiger partial charge in [0.05, 0.1) is 16.7 Å². The molecule has 180 valence electrons. The van der Waals surface area contributed by atoms with E-state index in [9.17, 15) is 9.90 Å². The van der Waals surface area contributed by atoms with Crippen molar-refractivity contribution in [3.63, 3.8) is 0 Å². The second-order valence-corrected chi connectivity index (χ2v) is 9.96. The second kappa shape index (κ2) is 10.6. The maximum absolute atomic E-state index is 12.7. The monoisotopic (exact) mass is 483 g/mol. The Balaban J connectivity index is 1.24. The van der Waals surface area contributed by atoms with E-state index in [1.807, 2.05) is 12.1 Å². The Morgan fingerprint density at radius 3 is 2.56 bits per heavy atom. The highest BCUT2D eigenvalue weighted by atomic mass is 35.5. The van der Waals surface area contributed by atoms with Crippen molar-refractivity contribution in [2.45, 2.75) is 57.6 Å². The lowest BCUT2D eigenvalue weighted by Gasteiger charge is -2.38. The second-order valence-electron chi connectivity index (χ2n) is 9.55. The molecule has 0 spiro atoms. The van der Waals surface area contributed by atoms with Gasteiger partial charge in [-0.2, -0.15) is 5.26 Å². The zero-order chi connectivity index (χ0) is 24.1. The fourth-order valence-corrected chi connectivity index (χ4v) is 4.70. The average molecular weight is 484 g/mol. The number of hydrogen-bond acceptors (Lipinski definition) is 7. The van der Waals surface area contributed by atoms with Crippen LogP contribution in [-0.2, 0) is 0 Å². The highest BCUT2D eigenvalue weighted by Gasteiger charge is 2.30. The minimum Gasteiger partial charge on any atom is -0.490 e. The van der Waals surface area contributed by atoms with Gasteiger partial charge in [0.2, 0.25) is 0 Å². The Labute approximate surface area is 204 Å². The van der Waals surface area contributed by atoms with Crippen molar-refractivity contribution in [1.82, 2.24) is 15.5 Å². The molecule has 9 heteroatoms. The molecule has 8 nitrogen and oxygen atoms in total. The van der Waals surface area contributed by atoms with E-state index in [-0.39, 0.29) is 30.1 Å². The molecule has 34 heavy (non-hydrogen) atoms. The van der Waals surface area contributed by atoms with Crippen LogP contribution in [0.25, 0.3) is 0 Å². The molecule has 1 amide bonds. The largest absolute Gasteiger partial charge is 0.490 e. The van der Waals surface area contributed by atoms with Crippen molar-refractivity contribution in [1.29, 1.82) is 5.26 Å². The molecular weight excluding hydrogens is 454 g/mol. The van der Waals surface area contributed by atoms with Gasteiger partial charge in [-0.25, -0.2) is 0 Å². The third kappa shape index (κ3) is 5.78. The first-order valence-electron chi connectivity index (χ1n) is 11.8. The number of aliphatic hydroxyl groups excluding tert-OH is 1. The van der Waals surface area contributed by atoms with Crippen molar-refractivity contribution < 1.29 is 14.6 Å². The Morgan fingerprint density at radius 2 is 1.97 bits per heavy atom. The summed E-state index contributed by atoms with van der Waals surface area (Å²) in [6.45, 7) is 3.93. The number of anilines is 1. The summed E-state index contributed by atoms with van der Waals surface area (Å²) in [7, 11) is 0. The molecule has 1 saturated carbocycles. The van der Waals surface area contributed by atoms with E-state index in [2.05, 4.69) is 27.3 Å². The zero-order valence-corrected chi connectivity index (χ0v) is 20.1. The molecule has 2 N–H and O–H groups in total. The van der Waals surface area contributed by atoms with Gasteiger partial charge in [0.15, 0.2) is 11.5 Å². The number of amides is 1. The van der Waals surface area contributed by atoms with Crippen LogP contribution >= 0.6 is 11.6 Å². The third-order valence-corrected chi connectivity index (χ3v) is 7.25. The van der Waals surface area contributed by atoms with Gasteiger partial charge in [0, 0.05) is 31.8 Å². The summed E-state index contributed by atoms with van der Waals surface area (Å²) in [5, 5.41) is 30.4. The van der Waals surface area contributed by atoms with Crippen LogP contribution in [0, 0.1) is 16.7 Å². The van der Waals surface area contributed by atoms with E-state index in [0.717, 1.165) is 57.4 Å². The minimum atomic E-state index is -0.214. The lowest BCUT2D eigenvalue weighted by molar-refractivity contribution is 0.0888. The summed E-state index contributed by atoms with van der Waals surface area (Å²) < 4.78 is 6.02. The van der Waals surface area contributed by atoms with E-state index < -0.39 is 0 Å². The summed E-state index contributed by atoms with van der Waals surface area (Å²) in [6.07, 6.45) is 5.10. The molecule has 2 aromatic rings. The molecule has 2 fully saturated rings. The first-order valence-corrected chi connectivity index (χ1v) is 12.1. The number of aromatic nitrogens is 2. The Morgan fingerprint density at radius 1 is 1.24 bits per heavy atom. The van der Waals surface area contributed by atoms with Crippen molar-refractivity contribution >= 4 is 23.3 Å². The number of rotatable bonds is 6. The van der Waals surface area contributed by atoms with Gasteiger partial charge in [-0.05, 0) is 68.2 Å². The number of benzene rings is 1. The molecule has 0 radical (unpaired) electrons. The molecule has 0 unspecified atom stereocenters. The predicted molar refractivity (Wildman–Crippen MR) is 129 cm³/mol. The van der Waals surface area contributed by atoms with E-state index in [1.54, 1.807) is 24.3 Å². The summed E-state index contributed by atoms with van der Waals surface area (Å²) in [6, 6.07) is 10.8. The standard InChI is InChI=1S/C25H30ClN5O3/c1-25(16-32)10-12-31(13-11-25)23-9-8-22(29-30-23)24(33)28-18-3-6-19(7-4-18)34-20-5-2-17(15-27)21(26)14-20/h2,5,8-9,14,18-19,32H,3-4,6-7,10-13,16H2,1H3,(H,28,33). The highest BCUT2D eigenvalue weighted by molar-refractivity contribution is 6.31. The lowest BCUT2D eigenvalue weighted by atomic mass is 9.81. The Bertz CT molecular complexity index is 1040. The number of ether oxygens (including phenoxy) is 1. The molecule has 2 aliphatic rings. The maximum atomic E-state index is 12.7. The fraction of sp³-hybridized carbons (Fsp3) is 0.520. The van der Waals surface area contributed by atoms with Crippen LogP contribution in [0.2, 0.25) is 5.02 Å². The third-order valence-electron chi connectivity index (χ3n) is 6.93. The van der Waals surface area contributed by atoms with Crippen LogP contribution in [0.1, 0.15) is 61.5 Å². The SMILES string of the molecule is CC1(CO)CCN(c2ccc(C(=O)NC3CCC(Oc4ccc(C#N)c(Cl)c4)CC3)nn2)CC1. The van der Waals surface area contributed by atoms with Crippen molar-refractivity contribution in [2.75, 3.05) is 24.6 Å². The highest BCUT2D eigenvalue weighted by Crippen LogP contribution is 2.32. The molecule has 0 atom stereocenters. The molecule has 1 saturated heterocycles. The molecule has 1 aliphatic carbocycles. The van der Waals surface area contributed by atoms with Crippen LogP contribution in [0.15, 0.2) is 30.3 Å². The summed E-state index contributed by atoms with van der Waals surface area (Å²) in [5.74, 6) is 1.20. The normalized spacial score (nSPS) is 22.0. The van der Waals surface area contributed by atoms with Crippen molar-refractivity contribution in [3.05, 3.63) is 46.6 Å². The number of nitrogens with zero attached hydrogens (tertiary/aromatic N) is 4. The van der Waals surface area contributed by atoms with E-state index in [4.69, 9.17) is 21.6 Å². The number of carbonyl (C=O) groups excluding carboxylic acids is 1. The van der Waals surface area contributed by atoms with E-state index >= 15 is 0 Å². The van der Waals surface area contributed by atoms with Gasteiger partial charge in [0.25, 0.3) is 5.91 Å². The van der Waals surface area contributed by atoms with Gasteiger partial charge in [-0.1, -0.05) is 18.5 Å². The van der Waals surface area contributed by atoms with E-state index in [1.165, 1.54) is 0 Å². The van der Waals surface area contributed by atoms with Crippen molar-refractivity contribution in [2.24, 2.45) is 5.41 Å². The Hall–Kier alpha value is -2.89. The Kier molecular flexibility index (Phi) is 7.54. The van der Waals surface area contributed by atoms with Gasteiger partial charge < -0.3 is 20.1 Å². The molecule has 4 rings (SSSR count). The minimum absolute atomic E-state index is 0.0249. The van der Waals surface area contributed by atoms with Crippen molar-refractivity contribution in [3.8, 4) is 11.8 Å². The molecule has 1 aromatic heterocycles. The molecule has 1 aliphatic heterocycles. The topological polar surface area (TPSA) is 111 Å². The first kappa shape index (κ1) is 24.2. The number of piperidine rings is 1. The molecule has 0 bridgehead atoms. The number of halogens is 1. The maximum Gasteiger partial charge on any atom is 0.272 e. The predicted octanol–water partition coefficient (Wildman–Crippen LogP) is 3.72. The summed E-state index contributed by atoms with van der Waals surface area (Å²) >= 11 is 6.08. The fourth-order valence-electron chi connectivity index (χ4n) is 4.49.